The summed E-state index contributed by atoms with van der Waals surface area (Å²) in [6, 6.07) is 1.95. The number of aromatic nitrogens is 2. The molecule has 0 atom stereocenters. The summed E-state index contributed by atoms with van der Waals surface area (Å²) in [6.45, 7) is 3.77. The second kappa shape index (κ2) is 3.95. The van der Waals surface area contributed by atoms with E-state index in [9.17, 15) is 9.59 Å². The van der Waals surface area contributed by atoms with Gasteiger partial charge in [-0.1, -0.05) is 13.8 Å². The van der Waals surface area contributed by atoms with E-state index in [-0.39, 0.29) is 41.5 Å². The van der Waals surface area contributed by atoms with E-state index in [2.05, 4.69) is 5.10 Å². The van der Waals surface area contributed by atoms with Crippen molar-refractivity contribution in [3.05, 3.63) is 11.8 Å². The fourth-order valence-electron chi connectivity index (χ4n) is 2.19. The van der Waals surface area contributed by atoms with Gasteiger partial charge in [-0.25, -0.2) is 4.90 Å². The molecule has 6 nitrogen and oxygen atoms in total. The molecule has 1 aliphatic heterocycles. The zero-order chi connectivity index (χ0) is 13.5. The molecule has 0 aliphatic carbocycles. The van der Waals surface area contributed by atoms with Crippen LogP contribution in [0, 0.1) is 16.7 Å². The maximum absolute atomic E-state index is 12.1. The molecule has 0 radical (unpaired) electrons. The highest BCUT2D eigenvalue weighted by molar-refractivity contribution is 6.17. The van der Waals surface area contributed by atoms with E-state index in [0.717, 1.165) is 4.90 Å². The molecule has 0 spiro atoms. The lowest BCUT2D eigenvalue weighted by molar-refractivity contribution is -0.132. The van der Waals surface area contributed by atoms with Crippen LogP contribution in [0.3, 0.4) is 0 Å². The molecule has 1 saturated heterocycles. The zero-order valence-corrected chi connectivity index (χ0v) is 10.6. The van der Waals surface area contributed by atoms with Crippen molar-refractivity contribution in [3.8, 4) is 6.07 Å². The van der Waals surface area contributed by atoms with E-state index in [1.165, 1.54) is 10.9 Å². The molecule has 2 amide bonds. The average molecular weight is 246 g/mol. The summed E-state index contributed by atoms with van der Waals surface area (Å²) in [7, 11) is 1.61. The van der Waals surface area contributed by atoms with E-state index in [1.54, 1.807) is 7.05 Å². The van der Waals surface area contributed by atoms with Gasteiger partial charge in [-0.15, -0.1) is 0 Å². The van der Waals surface area contributed by atoms with Gasteiger partial charge in [0.05, 0.1) is 6.20 Å². The van der Waals surface area contributed by atoms with Crippen molar-refractivity contribution in [2.75, 3.05) is 4.90 Å². The first kappa shape index (κ1) is 12.3. The van der Waals surface area contributed by atoms with Gasteiger partial charge in [0.15, 0.2) is 5.82 Å². The van der Waals surface area contributed by atoms with Crippen LogP contribution < -0.4 is 4.90 Å². The minimum absolute atomic E-state index is 0.235. The SMILES string of the molecule is Cn1ncc(C#N)c1N1C(=O)CC(C)(C)CC1=O. The van der Waals surface area contributed by atoms with Gasteiger partial charge < -0.3 is 0 Å². The number of piperidine rings is 1. The Morgan fingerprint density at radius 1 is 1.33 bits per heavy atom. The molecule has 6 heteroatoms. The first-order valence-electron chi connectivity index (χ1n) is 5.63. The van der Waals surface area contributed by atoms with E-state index in [0.29, 0.717) is 0 Å². The summed E-state index contributed by atoms with van der Waals surface area (Å²) in [5, 5.41) is 12.9. The Morgan fingerprint density at radius 2 is 1.89 bits per heavy atom. The van der Waals surface area contributed by atoms with Crippen LogP contribution in [0.4, 0.5) is 5.82 Å². The number of anilines is 1. The number of rotatable bonds is 1. The molecule has 1 fully saturated rings. The second-order valence-electron chi connectivity index (χ2n) is 5.26. The molecule has 0 bridgehead atoms. The van der Waals surface area contributed by atoms with Gasteiger partial charge in [0.2, 0.25) is 11.8 Å². The molecule has 94 valence electrons. The van der Waals surface area contributed by atoms with Crippen molar-refractivity contribution in [2.45, 2.75) is 26.7 Å². The molecule has 1 aromatic heterocycles. The van der Waals surface area contributed by atoms with Gasteiger partial charge in [-0.05, 0) is 5.41 Å². The number of imide groups is 1. The quantitative estimate of drug-likeness (QED) is 0.692. The van der Waals surface area contributed by atoms with Gasteiger partial charge in [0, 0.05) is 19.9 Å². The number of carbonyl (C=O) groups excluding carboxylic acids is 2. The third-order valence-electron chi connectivity index (χ3n) is 3.00. The second-order valence-corrected chi connectivity index (χ2v) is 5.26. The van der Waals surface area contributed by atoms with Crippen LogP contribution >= 0.6 is 0 Å². The highest BCUT2D eigenvalue weighted by Crippen LogP contribution is 2.34. The van der Waals surface area contributed by atoms with Gasteiger partial charge >= 0.3 is 0 Å². The van der Waals surface area contributed by atoms with Crippen LogP contribution in [0.25, 0.3) is 0 Å². The van der Waals surface area contributed by atoms with Crippen LogP contribution in [-0.2, 0) is 16.6 Å². The molecular weight excluding hydrogens is 232 g/mol. The smallest absolute Gasteiger partial charge is 0.235 e. The van der Waals surface area contributed by atoms with E-state index in [1.807, 2.05) is 19.9 Å². The van der Waals surface area contributed by atoms with Crippen molar-refractivity contribution in [3.63, 3.8) is 0 Å². The average Bonchev–Trinajstić information content (AvgIpc) is 2.58. The van der Waals surface area contributed by atoms with Crippen molar-refractivity contribution in [2.24, 2.45) is 12.5 Å². The number of amides is 2. The highest BCUT2D eigenvalue weighted by atomic mass is 16.2. The molecule has 0 saturated carbocycles. The fourth-order valence-corrected chi connectivity index (χ4v) is 2.19. The standard InChI is InChI=1S/C12H14N4O2/c1-12(2)4-9(17)16(10(18)5-12)11-8(6-13)7-14-15(11)3/h7H,4-5H2,1-3H3. The van der Waals surface area contributed by atoms with Crippen molar-refractivity contribution < 1.29 is 9.59 Å². The Labute approximate surface area is 105 Å². The molecule has 18 heavy (non-hydrogen) atoms. The Bertz CT molecular complexity index is 545. The monoisotopic (exact) mass is 246 g/mol. The third kappa shape index (κ3) is 1.88. The Hall–Kier alpha value is -2.16. The van der Waals surface area contributed by atoms with Gasteiger partial charge in [-0.2, -0.15) is 10.4 Å². The Kier molecular flexibility index (Phi) is 2.70. The maximum Gasteiger partial charge on any atom is 0.235 e. The minimum Gasteiger partial charge on any atom is -0.274 e. The molecule has 0 aromatic carbocycles. The van der Waals surface area contributed by atoms with Crippen LogP contribution in [0.2, 0.25) is 0 Å². The summed E-state index contributed by atoms with van der Waals surface area (Å²) >= 11 is 0. The predicted octanol–water partition coefficient (Wildman–Crippen LogP) is 0.971. The topological polar surface area (TPSA) is 79.0 Å². The van der Waals surface area contributed by atoms with Crippen LogP contribution in [0.15, 0.2) is 6.20 Å². The van der Waals surface area contributed by atoms with Gasteiger partial charge in [-0.3, -0.25) is 14.3 Å². The van der Waals surface area contributed by atoms with Crippen LogP contribution in [-0.4, -0.2) is 21.6 Å². The van der Waals surface area contributed by atoms with Crippen LogP contribution in [0.1, 0.15) is 32.3 Å². The third-order valence-corrected chi connectivity index (χ3v) is 3.00. The zero-order valence-electron chi connectivity index (χ0n) is 10.6. The van der Waals surface area contributed by atoms with Crippen molar-refractivity contribution >= 4 is 17.6 Å². The molecule has 0 N–H and O–H groups in total. The number of hydrogen-bond acceptors (Lipinski definition) is 4. The number of nitrogens with zero attached hydrogens (tertiary/aromatic N) is 4. The first-order chi connectivity index (χ1) is 8.35. The predicted molar refractivity (Wildman–Crippen MR) is 63.4 cm³/mol. The summed E-state index contributed by atoms with van der Waals surface area (Å²) in [6.07, 6.45) is 1.93. The molecule has 1 aliphatic rings. The van der Waals surface area contributed by atoms with Crippen molar-refractivity contribution in [1.82, 2.24) is 9.78 Å². The molecule has 2 heterocycles. The lowest BCUT2D eigenvalue weighted by atomic mass is 9.81. The normalized spacial score (nSPS) is 18.9. The summed E-state index contributed by atoms with van der Waals surface area (Å²) in [4.78, 5) is 25.3. The Balaban J connectivity index is 2.46. The summed E-state index contributed by atoms with van der Waals surface area (Å²) in [5.74, 6) is -0.296. The van der Waals surface area contributed by atoms with E-state index >= 15 is 0 Å². The van der Waals surface area contributed by atoms with Crippen molar-refractivity contribution in [1.29, 1.82) is 5.26 Å². The lowest BCUT2D eigenvalue weighted by Gasteiger charge is -2.34. The van der Waals surface area contributed by atoms with Crippen LogP contribution in [0.5, 0.6) is 0 Å². The van der Waals surface area contributed by atoms with Gasteiger partial charge in [0.25, 0.3) is 0 Å². The number of aryl methyl sites for hydroxylation is 1. The molecule has 0 unspecified atom stereocenters. The Morgan fingerprint density at radius 3 is 2.39 bits per heavy atom. The fraction of sp³-hybridized carbons (Fsp3) is 0.500. The minimum atomic E-state index is -0.323. The largest absolute Gasteiger partial charge is 0.274 e. The van der Waals surface area contributed by atoms with E-state index < -0.39 is 0 Å². The molecular formula is C12H14N4O2. The lowest BCUT2D eigenvalue weighted by Crippen LogP contribution is -2.47. The summed E-state index contributed by atoms with van der Waals surface area (Å²) < 4.78 is 1.38. The molecule has 2 rings (SSSR count). The highest BCUT2D eigenvalue weighted by Gasteiger charge is 2.40. The first-order valence-corrected chi connectivity index (χ1v) is 5.63. The summed E-state index contributed by atoms with van der Waals surface area (Å²) in [5.41, 5.74) is -0.0882. The number of nitriles is 1. The van der Waals surface area contributed by atoms with E-state index in [4.69, 9.17) is 5.26 Å². The number of hydrogen-bond donors (Lipinski definition) is 0. The molecule has 1 aromatic rings. The maximum atomic E-state index is 12.1. The van der Waals surface area contributed by atoms with Gasteiger partial charge in [0.1, 0.15) is 11.6 Å². The number of carbonyl (C=O) groups is 2.